The van der Waals surface area contributed by atoms with Crippen molar-refractivity contribution in [2.75, 3.05) is 6.61 Å². The number of hydrogen-bond acceptors (Lipinski definition) is 5. The minimum atomic E-state index is -1.45. The van der Waals surface area contributed by atoms with E-state index in [-0.39, 0.29) is 12.8 Å². The number of carboxylic acids is 1. The van der Waals surface area contributed by atoms with Crippen molar-refractivity contribution in [3.8, 4) is 0 Å². The van der Waals surface area contributed by atoms with Crippen LogP contribution in [0.2, 0.25) is 0 Å². The van der Waals surface area contributed by atoms with E-state index < -0.39 is 42.5 Å². The predicted octanol–water partition coefficient (Wildman–Crippen LogP) is -2.46. The Balaban J connectivity index is 2.47. The molecule has 0 saturated carbocycles. The highest BCUT2D eigenvalue weighted by atomic mass is 16.4. The monoisotopic (exact) mass is 259 g/mol. The minimum Gasteiger partial charge on any atom is -0.480 e. The molecular formula is C9H13N3O6. The Morgan fingerprint density at radius 3 is 2.61 bits per heavy atom. The fraction of sp³-hybridized carbons (Fsp3) is 0.556. The van der Waals surface area contributed by atoms with Crippen molar-refractivity contribution in [3.63, 3.8) is 0 Å². The zero-order valence-corrected chi connectivity index (χ0v) is 9.30. The summed E-state index contributed by atoms with van der Waals surface area (Å²) in [5.41, 5.74) is 0. The Hall–Kier alpha value is -2.16. The van der Waals surface area contributed by atoms with Crippen molar-refractivity contribution in [3.05, 3.63) is 0 Å². The lowest BCUT2D eigenvalue weighted by atomic mass is 10.1. The van der Waals surface area contributed by atoms with Gasteiger partial charge in [0.15, 0.2) is 6.04 Å². The molecule has 0 aromatic carbocycles. The molecule has 1 saturated heterocycles. The highest BCUT2D eigenvalue weighted by molar-refractivity contribution is 6.01. The summed E-state index contributed by atoms with van der Waals surface area (Å²) in [7, 11) is 0. The molecule has 2 atom stereocenters. The van der Waals surface area contributed by atoms with Gasteiger partial charge in [0, 0.05) is 6.42 Å². The highest BCUT2D eigenvalue weighted by Crippen LogP contribution is 2.03. The van der Waals surface area contributed by atoms with Crippen LogP contribution in [0.3, 0.4) is 0 Å². The first kappa shape index (κ1) is 13.9. The molecule has 9 heteroatoms. The van der Waals surface area contributed by atoms with Gasteiger partial charge in [0.25, 0.3) is 0 Å². The molecule has 1 heterocycles. The van der Waals surface area contributed by atoms with Crippen molar-refractivity contribution in [2.24, 2.45) is 0 Å². The van der Waals surface area contributed by atoms with Gasteiger partial charge in [0.1, 0.15) is 6.04 Å². The fourth-order valence-electron chi connectivity index (χ4n) is 1.37. The summed E-state index contributed by atoms with van der Waals surface area (Å²) < 4.78 is 0. The van der Waals surface area contributed by atoms with Gasteiger partial charge in [-0.15, -0.1) is 0 Å². The lowest BCUT2D eigenvalue weighted by Gasteiger charge is -2.22. The summed E-state index contributed by atoms with van der Waals surface area (Å²) >= 11 is 0. The molecule has 1 fully saturated rings. The van der Waals surface area contributed by atoms with Crippen LogP contribution in [0.4, 0.5) is 4.79 Å². The predicted molar refractivity (Wildman–Crippen MR) is 56.3 cm³/mol. The van der Waals surface area contributed by atoms with E-state index >= 15 is 0 Å². The summed E-state index contributed by atoms with van der Waals surface area (Å²) in [4.78, 5) is 44.0. The number of aliphatic hydroxyl groups is 1. The number of aliphatic hydroxyl groups excluding tert-OH is 1. The first-order chi connectivity index (χ1) is 8.43. The van der Waals surface area contributed by atoms with E-state index in [1.54, 1.807) is 0 Å². The van der Waals surface area contributed by atoms with Crippen LogP contribution in [-0.2, 0) is 14.4 Å². The molecule has 1 aliphatic heterocycles. The SMILES string of the molecule is O=C1CCC(NC(=O)N[C@H](CO)C(=O)O)C(=O)N1. The van der Waals surface area contributed by atoms with Crippen LogP contribution < -0.4 is 16.0 Å². The quantitative estimate of drug-likeness (QED) is 0.354. The van der Waals surface area contributed by atoms with Crippen molar-refractivity contribution >= 4 is 23.8 Å². The Kier molecular flexibility index (Phi) is 4.60. The number of carbonyl (C=O) groups excluding carboxylic acids is 3. The van der Waals surface area contributed by atoms with Crippen LogP contribution in [0, 0.1) is 0 Å². The Labute approximate surface area is 102 Å². The third kappa shape index (κ3) is 3.70. The molecule has 0 bridgehead atoms. The van der Waals surface area contributed by atoms with Crippen LogP contribution in [0.1, 0.15) is 12.8 Å². The van der Waals surface area contributed by atoms with E-state index in [9.17, 15) is 19.2 Å². The molecule has 9 nitrogen and oxygen atoms in total. The molecule has 5 N–H and O–H groups in total. The third-order valence-electron chi connectivity index (χ3n) is 2.33. The molecule has 4 amide bonds. The van der Waals surface area contributed by atoms with Crippen LogP contribution in [0.15, 0.2) is 0 Å². The van der Waals surface area contributed by atoms with Crippen molar-refractivity contribution in [1.82, 2.24) is 16.0 Å². The fourth-order valence-corrected chi connectivity index (χ4v) is 1.37. The second kappa shape index (κ2) is 5.96. The zero-order valence-electron chi connectivity index (χ0n) is 9.30. The molecule has 1 rings (SSSR count). The van der Waals surface area contributed by atoms with Crippen molar-refractivity contribution < 1.29 is 29.4 Å². The lowest BCUT2D eigenvalue weighted by Crippen LogP contribution is -2.56. The maximum absolute atomic E-state index is 11.4. The zero-order chi connectivity index (χ0) is 13.7. The number of carboxylic acid groups (broad SMARTS) is 1. The van der Waals surface area contributed by atoms with E-state index in [1.807, 2.05) is 10.6 Å². The minimum absolute atomic E-state index is 0.0963. The molecule has 1 unspecified atom stereocenters. The number of piperidine rings is 1. The lowest BCUT2D eigenvalue weighted by molar-refractivity contribution is -0.140. The average molecular weight is 259 g/mol. The average Bonchev–Trinajstić information content (AvgIpc) is 2.29. The smallest absolute Gasteiger partial charge is 0.328 e. The topological polar surface area (TPSA) is 145 Å². The van der Waals surface area contributed by atoms with Gasteiger partial charge in [0.05, 0.1) is 6.61 Å². The number of rotatable bonds is 4. The summed E-state index contributed by atoms with van der Waals surface area (Å²) in [6.45, 7) is -0.766. The van der Waals surface area contributed by atoms with Crippen molar-refractivity contribution in [1.29, 1.82) is 0 Å². The van der Waals surface area contributed by atoms with Crippen LogP contribution >= 0.6 is 0 Å². The highest BCUT2D eigenvalue weighted by Gasteiger charge is 2.28. The number of urea groups is 1. The Morgan fingerprint density at radius 2 is 2.11 bits per heavy atom. The summed E-state index contributed by atoms with van der Waals surface area (Å²) in [5.74, 6) is -2.45. The van der Waals surface area contributed by atoms with E-state index in [4.69, 9.17) is 10.2 Å². The summed E-state index contributed by atoms with van der Waals surface area (Å²) in [6.07, 6.45) is 0.244. The maximum Gasteiger partial charge on any atom is 0.328 e. The molecule has 0 aromatic heterocycles. The molecule has 0 aromatic rings. The molecule has 100 valence electrons. The number of amides is 4. The second-order valence-corrected chi connectivity index (χ2v) is 3.69. The molecule has 0 spiro atoms. The van der Waals surface area contributed by atoms with Gasteiger partial charge in [-0.05, 0) is 6.42 Å². The van der Waals surface area contributed by atoms with Gasteiger partial charge in [-0.25, -0.2) is 9.59 Å². The summed E-state index contributed by atoms with van der Waals surface area (Å²) in [6, 6.07) is -3.24. The largest absolute Gasteiger partial charge is 0.480 e. The van der Waals surface area contributed by atoms with Gasteiger partial charge >= 0.3 is 12.0 Å². The normalized spacial score (nSPS) is 20.8. The molecule has 0 aliphatic carbocycles. The van der Waals surface area contributed by atoms with E-state index in [2.05, 4.69) is 5.32 Å². The number of aliphatic carboxylic acids is 1. The van der Waals surface area contributed by atoms with Gasteiger partial charge < -0.3 is 20.8 Å². The van der Waals surface area contributed by atoms with Gasteiger partial charge in [-0.1, -0.05) is 0 Å². The molecular weight excluding hydrogens is 246 g/mol. The molecule has 18 heavy (non-hydrogen) atoms. The Bertz CT molecular complexity index is 382. The first-order valence-electron chi connectivity index (χ1n) is 5.18. The van der Waals surface area contributed by atoms with Crippen LogP contribution in [-0.4, -0.2) is 52.7 Å². The number of imide groups is 1. The van der Waals surface area contributed by atoms with E-state index in [0.717, 1.165) is 0 Å². The number of carbonyl (C=O) groups is 4. The van der Waals surface area contributed by atoms with E-state index in [1.165, 1.54) is 0 Å². The van der Waals surface area contributed by atoms with Crippen LogP contribution in [0.5, 0.6) is 0 Å². The van der Waals surface area contributed by atoms with E-state index in [0.29, 0.717) is 0 Å². The third-order valence-corrected chi connectivity index (χ3v) is 2.33. The van der Waals surface area contributed by atoms with Crippen molar-refractivity contribution in [2.45, 2.75) is 24.9 Å². The Morgan fingerprint density at radius 1 is 1.44 bits per heavy atom. The van der Waals surface area contributed by atoms with Gasteiger partial charge in [-0.3, -0.25) is 14.9 Å². The number of hydrogen-bond donors (Lipinski definition) is 5. The summed E-state index contributed by atoms with van der Waals surface area (Å²) in [5, 5.41) is 23.5. The molecule has 1 aliphatic rings. The van der Waals surface area contributed by atoms with Gasteiger partial charge in [-0.2, -0.15) is 0 Å². The maximum atomic E-state index is 11.4. The standard InChI is InChI=1S/C9H13N3O6/c13-3-5(8(16)17)11-9(18)10-4-1-2-6(14)12-7(4)15/h4-5,13H,1-3H2,(H,16,17)(H2,10,11,18)(H,12,14,15)/t4?,5-/m1/s1. The van der Waals surface area contributed by atoms with Crippen LogP contribution in [0.25, 0.3) is 0 Å². The number of nitrogens with one attached hydrogen (secondary N) is 3. The van der Waals surface area contributed by atoms with Gasteiger partial charge in [0.2, 0.25) is 11.8 Å². The first-order valence-corrected chi connectivity index (χ1v) is 5.18. The molecule has 0 radical (unpaired) electrons. The second-order valence-electron chi connectivity index (χ2n) is 3.69.